The lowest BCUT2D eigenvalue weighted by Crippen LogP contribution is -2.39. The van der Waals surface area contributed by atoms with Gasteiger partial charge in [-0.05, 0) is 69.5 Å². The van der Waals surface area contributed by atoms with Crippen LogP contribution < -0.4 is 15.5 Å². The Morgan fingerprint density at radius 1 is 1.21 bits per heavy atom. The number of nitrogens with zero attached hydrogens (tertiary/aromatic N) is 2. The van der Waals surface area contributed by atoms with Crippen LogP contribution in [-0.2, 0) is 17.6 Å². The Hall–Kier alpha value is -3.09. The first-order chi connectivity index (χ1) is 13.8. The van der Waals surface area contributed by atoms with E-state index in [0.717, 1.165) is 29.8 Å². The van der Waals surface area contributed by atoms with Crippen LogP contribution in [0.15, 0.2) is 42.6 Å². The number of benzene rings is 1. The fourth-order valence-electron chi connectivity index (χ4n) is 3.21. The molecular formula is C22H28N4O3. The lowest BCUT2D eigenvalue weighted by Gasteiger charge is -2.32. The third kappa shape index (κ3) is 5.94. The summed E-state index contributed by atoms with van der Waals surface area (Å²) in [5.74, 6) is 0. The summed E-state index contributed by atoms with van der Waals surface area (Å²) in [5.41, 5.74) is 2.96. The average molecular weight is 396 g/mol. The van der Waals surface area contributed by atoms with Gasteiger partial charge in [0, 0.05) is 37.1 Å². The third-order valence-corrected chi connectivity index (χ3v) is 4.46. The maximum Gasteiger partial charge on any atom is 0.414 e. The number of nitrogens with one attached hydrogen (secondary N) is 2. The molecule has 0 bridgehead atoms. The fraction of sp³-hybridized carbons (Fsp3) is 0.409. The van der Waals surface area contributed by atoms with Crippen molar-refractivity contribution in [2.75, 3.05) is 23.3 Å². The van der Waals surface area contributed by atoms with Gasteiger partial charge in [0.1, 0.15) is 5.60 Å². The molecule has 0 atom stereocenters. The van der Waals surface area contributed by atoms with Crippen molar-refractivity contribution in [1.29, 1.82) is 0 Å². The minimum atomic E-state index is -0.538. The van der Waals surface area contributed by atoms with Crippen molar-refractivity contribution in [3.63, 3.8) is 0 Å². The molecule has 0 radical (unpaired) electrons. The number of pyridine rings is 1. The van der Waals surface area contributed by atoms with Crippen LogP contribution in [0.4, 0.5) is 21.0 Å². The Morgan fingerprint density at radius 2 is 2.03 bits per heavy atom. The Bertz CT molecular complexity index is 862. The molecule has 0 unspecified atom stereocenters. The first kappa shape index (κ1) is 20.6. The minimum absolute atomic E-state index is 0.263. The van der Waals surface area contributed by atoms with E-state index >= 15 is 0 Å². The number of fused-ring (bicyclic) bond motifs is 1. The van der Waals surface area contributed by atoms with E-state index in [1.165, 1.54) is 0 Å². The number of hydrogen-bond acceptors (Lipinski definition) is 4. The zero-order valence-electron chi connectivity index (χ0n) is 17.2. The molecule has 29 heavy (non-hydrogen) atoms. The van der Waals surface area contributed by atoms with Crippen molar-refractivity contribution in [3.05, 3.63) is 53.9 Å². The van der Waals surface area contributed by atoms with E-state index in [1.807, 2.05) is 51.1 Å². The molecule has 2 aromatic rings. The van der Waals surface area contributed by atoms with Gasteiger partial charge < -0.3 is 15.4 Å². The average Bonchev–Trinajstić information content (AvgIpc) is 2.67. The number of hydrogen-bond donors (Lipinski definition) is 2. The second kappa shape index (κ2) is 8.94. The van der Waals surface area contributed by atoms with Crippen LogP contribution in [-0.4, -0.2) is 35.8 Å². The van der Waals surface area contributed by atoms with E-state index < -0.39 is 5.60 Å². The fourth-order valence-corrected chi connectivity index (χ4v) is 3.21. The summed E-state index contributed by atoms with van der Waals surface area (Å²) < 4.78 is 5.51. The molecule has 0 spiro atoms. The molecule has 7 nitrogen and oxygen atoms in total. The molecule has 2 heterocycles. The molecule has 1 aliphatic heterocycles. The van der Waals surface area contributed by atoms with Crippen molar-refractivity contribution >= 4 is 23.5 Å². The molecule has 0 fully saturated rings. The molecule has 0 saturated carbocycles. The van der Waals surface area contributed by atoms with Crippen molar-refractivity contribution in [2.45, 2.75) is 45.6 Å². The predicted octanol–water partition coefficient (Wildman–Crippen LogP) is 4.13. The Morgan fingerprint density at radius 3 is 2.76 bits per heavy atom. The SMILES string of the molecule is CC(C)(C)OC(=O)N1CCCc2cc(NC(=O)NCCc3ccccn3)ccc21. The maximum absolute atomic E-state index is 12.5. The van der Waals surface area contributed by atoms with Gasteiger partial charge in [-0.2, -0.15) is 0 Å². The predicted molar refractivity (Wildman–Crippen MR) is 113 cm³/mol. The normalized spacial score (nSPS) is 13.4. The quantitative estimate of drug-likeness (QED) is 0.814. The monoisotopic (exact) mass is 396 g/mol. The summed E-state index contributed by atoms with van der Waals surface area (Å²) in [6.07, 6.45) is 3.77. The van der Waals surface area contributed by atoms with Gasteiger partial charge in [0.05, 0.1) is 5.69 Å². The van der Waals surface area contributed by atoms with Crippen molar-refractivity contribution in [2.24, 2.45) is 0 Å². The highest BCUT2D eigenvalue weighted by molar-refractivity contribution is 5.92. The van der Waals surface area contributed by atoms with Gasteiger partial charge in [0.15, 0.2) is 0 Å². The van der Waals surface area contributed by atoms with Gasteiger partial charge in [0.2, 0.25) is 0 Å². The van der Waals surface area contributed by atoms with E-state index in [1.54, 1.807) is 17.2 Å². The first-order valence-corrected chi connectivity index (χ1v) is 9.90. The summed E-state index contributed by atoms with van der Waals surface area (Å²) in [5, 5.41) is 5.69. The minimum Gasteiger partial charge on any atom is -0.443 e. The molecule has 3 amide bonds. The molecule has 0 aliphatic carbocycles. The largest absolute Gasteiger partial charge is 0.443 e. The summed E-state index contributed by atoms with van der Waals surface area (Å²) in [7, 11) is 0. The second-order valence-corrected chi connectivity index (χ2v) is 8.03. The van der Waals surface area contributed by atoms with Gasteiger partial charge in [0.25, 0.3) is 0 Å². The summed E-state index contributed by atoms with van der Waals surface area (Å²) in [6, 6.07) is 11.0. The van der Waals surface area contributed by atoms with Gasteiger partial charge in [-0.3, -0.25) is 9.88 Å². The first-order valence-electron chi connectivity index (χ1n) is 9.90. The van der Waals surface area contributed by atoms with Crippen molar-refractivity contribution in [3.8, 4) is 0 Å². The highest BCUT2D eigenvalue weighted by Crippen LogP contribution is 2.30. The van der Waals surface area contributed by atoms with Crippen molar-refractivity contribution in [1.82, 2.24) is 10.3 Å². The van der Waals surface area contributed by atoms with Crippen LogP contribution in [0.1, 0.15) is 38.4 Å². The standard InChI is InChI=1S/C22H28N4O3/c1-22(2,3)29-21(28)26-14-6-7-16-15-18(9-10-19(16)26)25-20(27)24-13-11-17-8-4-5-12-23-17/h4-5,8-10,12,15H,6-7,11,13-14H2,1-3H3,(H2,24,25,27). The molecule has 3 rings (SSSR count). The summed E-state index contributed by atoms with van der Waals surface area (Å²) in [6.45, 7) is 6.70. The highest BCUT2D eigenvalue weighted by atomic mass is 16.6. The highest BCUT2D eigenvalue weighted by Gasteiger charge is 2.27. The van der Waals surface area contributed by atoms with Crippen LogP contribution >= 0.6 is 0 Å². The molecule has 1 aromatic heterocycles. The van der Waals surface area contributed by atoms with Crippen LogP contribution in [0.3, 0.4) is 0 Å². The van der Waals surface area contributed by atoms with E-state index in [0.29, 0.717) is 25.2 Å². The smallest absolute Gasteiger partial charge is 0.414 e. The van der Waals surface area contributed by atoms with Gasteiger partial charge >= 0.3 is 12.1 Å². The number of aryl methyl sites for hydroxylation is 1. The molecular weight excluding hydrogens is 368 g/mol. The number of urea groups is 1. The van der Waals surface area contributed by atoms with Gasteiger partial charge in [-0.1, -0.05) is 6.07 Å². The Balaban J connectivity index is 1.58. The Kier molecular flexibility index (Phi) is 6.36. The van der Waals surface area contributed by atoms with E-state index in [-0.39, 0.29) is 12.1 Å². The Labute approximate surface area is 171 Å². The number of anilines is 2. The van der Waals surface area contributed by atoms with Gasteiger partial charge in [-0.25, -0.2) is 9.59 Å². The number of ether oxygens (including phenoxy) is 1. The van der Waals surface area contributed by atoms with Crippen LogP contribution in [0, 0.1) is 0 Å². The molecule has 1 aliphatic rings. The third-order valence-electron chi connectivity index (χ3n) is 4.46. The topological polar surface area (TPSA) is 83.6 Å². The number of carbonyl (C=O) groups is 2. The van der Waals surface area contributed by atoms with Crippen LogP contribution in [0.5, 0.6) is 0 Å². The van der Waals surface area contributed by atoms with E-state index in [9.17, 15) is 9.59 Å². The van der Waals surface area contributed by atoms with Gasteiger partial charge in [-0.15, -0.1) is 0 Å². The summed E-state index contributed by atoms with van der Waals surface area (Å²) in [4.78, 5) is 30.6. The maximum atomic E-state index is 12.5. The molecule has 154 valence electrons. The van der Waals surface area contributed by atoms with E-state index in [2.05, 4.69) is 15.6 Å². The van der Waals surface area contributed by atoms with Crippen LogP contribution in [0.25, 0.3) is 0 Å². The lowest BCUT2D eigenvalue weighted by molar-refractivity contribution is 0.0578. The zero-order valence-corrected chi connectivity index (χ0v) is 17.2. The second-order valence-electron chi connectivity index (χ2n) is 8.03. The number of aromatic nitrogens is 1. The van der Waals surface area contributed by atoms with E-state index in [4.69, 9.17) is 4.74 Å². The summed E-state index contributed by atoms with van der Waals surface area (Å²) >= 11 is 0. The zero-order chi connectivity index (χ0) is 20.9. The van der Waals surface area contributed by atoms with Crippen molar-refractivity contribution < 1.29 is 14.3 Å². The van der Waals surface area contributed by atoms with Crippen LogP contribution in [0.2, 0.25) is 0 Å². The number of amides is 3. The molecule has 7 heteroatoms. The molecule has 1 aromatic carbocycles. The molecule has 2 N–H and O–H groups in total. The number of carbonyl (C=O) groups excluding carboxylic acids is 2. The lowest BCUT2D eigenvalue weighted by atomic mass is 10.0. The molecule has 0 saturated heterocycles. The number of rotatable bonds is 4.